The Morgan fingerprint density at radius 2 is 2.12 bits per heavy atom. The summed E-state index contributed by atoms with van der Waals surface area (Å²) in [5.74, 6) is 0. The fourth-order valence-electron chi connectivity index (χ4n) is 1.70. The van der Waals surface area contributed by atoms with Gasteiger partial charge in [-0.05, 0) is 42.6 Å². The Kier molecular flexibility index (Phi) is 3.27. The van der Waals surface area contributed by atoms with Crippen molar-refractivity contribution < 1.29 is 0 Å². The molecule has 0 amide bonds. The zero-order valence-electron chi connectivity index (χ0n) is 8.82. The van der Waals surface area contributed by atoms with Crippen LogP contribution in [0.1, 0.15) is 6.42 Å². The summed E-state index contributed by atoms with van der Waals surface area (Å²) in [6.45, 7) is 1.25. The van der Waals surface area contributed by atoms with Crippen molar-refractivity contribution in [2.45, 2.75) is 13.0 Å². The number of fused-ring (bicyclic) bond motifs is 1. The Morgan fingerprint density at radius 3 is 2.88 bits per heavy atom. The van der Waals surface area contributed by atoms with E-state index in [1.165, 1.54) is 0 Å². The van der Waals surface area contributed by atoms with Gasteiger partial charge in [-0.2, -0.15) is 0 Å². The molecule has 0 saturated carbocycles. The zero-order chi connectivity index (χ0) is 11.5. The summed E-state index contributed by atoms with van der Waals surface area (Å²) in [5.41, 5.74) is 5.44. The predicted molar refractivity (Wildman–Crippen MR) is 66.9 cm³/mol. The van der Waals surface area contributed by atoms with Crippen molar-refractivity contribution in [3.8, 4) is 0 Å². The monoisotopic (exact) mass is 236 g/mol. The van der Waals surface area contributed by atoms with Crippen LogP contribution in [0.25, 0.3) is 10.8 Å². The Hall–Kier alpha value is -1.32. The number of pyridine rings is 1. The third-order valence-electron chi connectivity index (χ3n) is 2.54. The highest BCUT2D eigenvalue weighted by Gasteiger charge is 2.02. The average molecular weight is 237 g/mol. The van der Waals surface area contributed by atoms with Gasteiger partial charge in [-0.3, -0.25) is 4.79 Å². The normalized spacial score (nSPS) is 10.9. The molecule has 2 rings (SSSR count). The molecule has 1 aromatic carbocycles. The quantitative estimate of drug-likeness (QED) is 0.886. The fourth-order valence-corrected chi connectivity index (χ4v) is 1.88. The molecular weight excluding hydrogens is 224 g/mol. The van der Waals surface area contributed by atoms with Crippen LogP contribution in [-0.2, 0) is 6.54 Å². The highest BCUT2D eigenvalue weighted by Crippen LogP contribution is 2.16. The van der Waals surface area contributed by atoms with Crippen molar-refractivity contribution >= 4 is 22.4 Å². The van der Waals surface area contributed by atoms with Gasteiger partial charge in [0.1, 0.15) is 0 Å². The molecule has 0 unspecified atom stereocenters. The topological polar surface area (TPSA) is 48.0 Å². The molecule has 3 nitrogen and oxygen atoms in total. The van der Waals surface area contributed by atoms with Crippen molar-refractivity contribution in [3.63, 3.8) is 0 Å². The van der Waals surface area contributed by atoms with E-state index < -0.39 is 0 Å². The minimum atomic E-state index is 0.0163. The van der Waals surface area contributed by atoms with Crippen molar-refractivity contribution in [2.75, 3.05) is 6.54 Å². The van der Waals surface area contributed by atoms with Crippen molar-refractivity contribution in [1.82, 2.24) is 4.57 Å². The first-order valence-corrected chi connectivity index (χ1v) is 5.59. The molecule has 0 atom stereocenters. The van der Waals surface area contributed by atoms with Crippen LogP contribution in [-0.4, -0.2) is 11.1 Å². The molecule has 2 aromatic rings. The van der Waals surface area contributed by atoms with Crippen LogP contribution in [0.5, 0.6) is 0 Å². The second-order valence-corrected chi connectivity index (χ2v) is 4.12. The van der Waals surface area contributed by atoms with Crippen LogP contribution < -0.4 is 11.3 Å². The van der Waals surface area contributed by atoms with Crippen LogP contribution in [0, 0.1) is 0 Å². The van der Waals surface area contributed by atoms with Gasteiger partial charge in [0.05, 0.1) is 0 Å². The maximum Gasteiger partial charge on any atom is 0.258 e. The molecule has 0 saturated heterocycles. The maximum absolute atomic E-state index is 12.0. The van der Waals surface area contributed by atoms with Crippen LogP contribution in [0.2, 0.25) is 5.02 Å². The van der Waals surface area contributed by atoms with E-state index in [1.54, 1.807) is 29.0 Å². The Labute approximate surface area is 98.4 Å². The van der Waals surface area contributed by atoms with E-state index in [0.29, 0.717) is 23.5 Å². The molecule has 0 bridgehead atoms. The number of halogens is 1. The summed E-state index contributed by atoms with van der Waals surface area (Å²) in [6.07, 6.45) is 2.59. The van der Waals surface area contributed by atoms with E-state index >= 15 is 0 Å². The summed E-state index contributed by atoms with van der Waals surface area (Å²) in [6, 6.07) is 7.20. The lowest BCUT2D eigenvalue weighted by molar-refractivity contribution is 0.634. The first-order valence-electron chi connectivity index (χ1n) is 5.21. The van der Waals surface area contributed by atoms with Crippen LogP contribution in [0.15, 0.2) is 35.3 Å². The number of benzene rings is 1. The van der Waals surface area contributed by atoms with E-state index in [4.69, 9.17) is 17.3 Å². The van der Waals surface area contributed by atoms with Crippen LogP contribution in [0.4, 0.5) is 0 Å². The molecule has 4 heteroatoms. The molecule has 0 aliphatic heterocycles. The standard InChI is InChI=1S/C12H13ClN2O/c13-10-2-3-11-9(8-10)4-7-15(12(11)16)6-1-5-14/h2-4,7-8H,1,5-6,14H2. The fraction of sp³-hybridized carbons (Fsp3) is 0.250. The Morgan fingerprint density at radius 1 is 1.31 bits per heavy atom. The lowest BCUT2D eigenvalue weighted by Gasteiger charge is -2.06. The van der Waals surface area contributed by atoms with Gasteiger partial charge in [0, 0.05) is 23.2 Å². The molecule has 0 fully saturated rings. The molecule has 1 aromatic heterocycles. The van der Waals surface area contributed by atoms with Gasteiger partial charge in [0.25, 0.3) is 5.56 Å². The van der Waals surface area contributed by atoms with Gasteiger partial charge in [-0.25, -0.2) is 0 Å². The van der Waals surface area contributed by atoms with Gasteiger partial charge < -0.3 is 10.3 Å². The number of nitrogens with two attached hydrogens (primary N) is 1. The van der Waals surface area contributed by atoms with Crippen LogP contribution in [0.3, 0.4) is 0 Å². The molecule has 2 N–H and O–H groups in total. The van der Waals surface area contributed by atoms with Gasteiger partial charge >= 0.3 is 0 Å². The predicted octanol–water partition coefficient (Wildman–Crippen LogP) is 2.00. The Balaban J connectivity index is 2.53. The Bertz CT molecular complexity index is 562. The van der Waals surface area contributed by atoms with E-state index in [1.807, 2.05) is 6.07 Å². The van der Waals surface area contributed by atoms with E-state index in [2.05, 4.69) is 0 Å². The molecular formula is C12H13ClN2O. The first kappa shape index (κ1) is 11.2. The van der Waals surface area contributed by atoms with Gasteiger partial charge in [0.2, 0.25) is 0 Å². The van der Waals surface area contributed by atoms with E-state index in [0.717, 1.165) is 11.8 Å². The minimum Gasteiger partial charge on any atom is -0.330 e. The average Bonchev–Trinajstić information content (AvgIpc) is 2.28. The highest BCUT2D eigenvalue weighted by atomic mass is 35.5. The summed E-state index contributed by atoms with van der Waals surface area (Å²) < 4.78 is 1.68. The highest BCUT2D eigenvalue weighted by molar-refractivity contribution is 6.31. The van der Waals surface area contributed by atoms with Gasteiger partial charge in [-0.1, -0.05) is 11.6 Å². The number of aromatic nitrogens is 1. The summed E-state index contributed by atoms with van der Waals surface area (Å²) in [4.78, 5) is 12.0. The summed E-state index contributed by atoms with van der Waals surface area (Å²) in [7, 11) is 0. The smallest absolute Gasteiger partial charge is 0.258 e. The number of hydrogen-bond donors (Lipinski definition) is 1. The molecule has 0 aliphatic rings. The van der Waals surface area contributed by atoms with Crippen molar-refractivity contribution in [2.24, 2.45) is 5.73 Å². The number of nitrogens with zero attached hydrogens (tertiary/aromatic N) is 1. The molecule has 0 spiro atoms. The van der Waals surface area contributed by atoms with Crippen LogP contribution >= 0.6 is 11.6 Å². The first-order chi connectivity index (χ1) is 7.72. The molecule has 1 heterocycles. The summed E-state index contributed by atoms with van der Waals surface area (Å²) in [5, 5.41) is 2.22. The molecule has 0 radical (unpaired) electrons. The minimum absolute atomic E-state index is 0.0163. The second-order valence-electron chi connectivity index (χ2n) is 3.69. The number of rotatable bonds is 3. The lowest BCUT2D eigenvalue weighted by atomic mass is 10.2. The van der Waals surface area contributed by atoms with Gasteiger partial charge in [-0.15, -0.1) is 0 Å². The van der Waals surface area contributed by atoms with E-state index in [-0.39, 0.29) is 5.56 Å². The SMILES string of the molecule is NCCCn1ccc2cc(Cl)ccc2c1=O. The largest absolute Gasteiger partial charge is 0.330 e. The van der Waals surface area contributed by atoms with Crippen molar-refractivity contribution in [3.05, 3.63) is 45.8 Å². The molecule has 0 aliphatic carbocycles. The number of aryl methyl sites for hydroxylation is 1. The lowest BCUT2D eigenvalue weighted by Crippen LogP contribution is -2.20. The molecule has 16 heavy (non-hydrogen) atoms. The third-order valence-corrected chi connectivity index (χ3v) is 2.78. The maximum atomic E-state index is 12.0. The zero-order valence-corrected chi connectivity index (χ0v) is 9.57. The third kappa shape index (κ3) is 2.10. The summed E-state index contributed by atoms with van der Waals surface area (Å²) >= 11 is 5.87. The van der Waals surface area contributed by atoms with E-state index in [9.17, 15) is 4.79 Å². The molecule has 84 valence electrons. The van der Waals surface area contributed by atoms with Gasteiger partial charge in [0.15, 0.2) is 0 Å². The second kappa shape index (κ2) is 4.68. The number of hydrogen-bond acceptors (Lipinski definition) is 2. The van der Waals surface area contributed by atoms with Crippen molar-refractivity contribution in [1.29, 1.82) is 0 Å².